The van der Waals surface area contributed by atoms with Crippen LogP contribution in [0.25, 0.3) is 0 Å². The lowest BCUT2D eigenvalue weighted by molar-refractivity contribution is 0.512. The number of nitrogens with zero attached hydrogens (tertiary/aromatic N) is 2. The van der Waals surface area contributed by atoms with Crippen LogP contribution in [-0.2, 0) is 6.42 Å². The van der Waals surface area contributed by atoms with E-state index >= 15 is 0 Å². The molecule has 2 rings (SSSR count). The Labute approximate surface area is 91.5 Å². The minimum Gasteiger partial charge on any atom is -0.469 e. The first-order valence-corrected chi connectivity index (χ1v) is 4.80. The molecule has 0 aromatic carbocycles. The number of furan rings is 1. The monoisotopic (exact) mass is 222 g/mol. The molecule has 0 saturated heterocycles. The number of nitrogen functional groups attached to an aromatic ring is 1. The highest BCUT2D eigenvalue weighted by Crippen LogP contribution is 2.10. The Morgan fingerprint density at radius 2 is 2.38 bits per heavy atom. The fraction of sp³-hybridized carbons (Fsp3) is 0.200. The van der Waals surface area contributed by atoms with Crippen molar-refractivity contribution in [2.24, 2.45) is 0 Å². The summed E-state index contributed by atoms with van der Waals surface area (Å²) < 4.78 is 18.3. The fourth-order valence-electron chi connectivity index (χ4n) is 1.26. The third-order valence-corrected chi connectivity index (χ3v) is 2.01. The minimum atomic E-state index is -0.520. The van der Waals surface area contributed by atoms with Gasteiger partial charge in [0.25, 0.3) is 0 Å². The zero-order chi connectivity index (χ0) is 11.4. The molecule has 5 nitrogen and oxygen atoms in total. The summed E-state index contributed by atoms with van der Waals surface area (Å²) in [5, 5.41) is 2.83. The zero-order valence-corrected chi connectivity index (χ0v) is 8.48. The molecule has 0 bridgehead atoms. The second-order valence-corrected chi connectivity index (χ2v) is 3.18. The van der Waals surface area contributed by atoms with Crippen molar-refractivity contribution in [2.45, 2.75) is 6.42 Å². The van der Waals surface area contributed by atoms with Crippen molar-refractivity contribution in [3.8, 4) is 0 Å². The van der Waals surface area contributed by atoms with Crippen LogP contribution >= 0.6 is 0 Å². The zero-order valence-electron chi connectivity index (χ0n) is 8.48. The van der Waals surface area contributed by atoms with Gasteiger partial charge in [0.05, 0.1) is 12.5 Å². The van der Waals surface area contributed by atoms with Crippen LogP contribution in [0.1, 0.15) is 5.76 Å². The topological polar surface area (TPSA) is 77.0 Å². The van der Waals surface area contributed by atoms with Crippen LogP contribution in [0, 0.1) is 5.82 Å². The first-order valence-electron chi connectivity index (χ1n) is 4.80. The van der Waals surface area contributed by atoms with Gasteiger partial charge in [0.1, 0.15) is 5.76 Å². The van der Waals surface area contributed by atoms with Crippen LogP contribution in [0.15, 0.2) is 29.0 Å². The molecule has 0 atom stereocenters. The van der Waals surface area contributed by atoms with Gasteiger partial charge < -0.3 is 15.5 Å². The largest absolute Gasteiger partial charge is 0.469 e. The van der Waals surface area contributed by atoms with Crippen molar-refractivity contribution in [1.82, 2.24) is 9.97 Å². The lowest BCUT2D eigenvalue weighted by atomic mass is 10.3. The summed E-state index contributed by atoms with van der Waals surface area (Å²) in [6.07, 6.45) is 3.28. The third-order valence-electron chi connectivity index (χ3n) is 2.01. The predicted molar refractivity (Wildman–Crippen MR) is 57.3 cm³/mol. The maximum absolute atomic E-state index is 13.2. The summed E-state index contributed by atoms with van der Waals surface area (Å²) in [5.74, 6) is 0.463. The summed E-state index contributed by atoms with van der Waals surface area (Å²) >= 11 is 0. The molecule has 16 heavy (non-hydrogen) atoms. The van der Waals surface area contributed by atoms with Gasteiger partial charge in [-0.3, -0.25) is 0 Å². The highest BCUT2D eigenvalue weighted by atomic mass is 19.1. The Morgan fingerprint density at radius 1 is 1.50 bits per heavy atom. The Bertz CT molecular complexity index is 458. The second-order valence-electron chi connectivity index (χ2n) is 3.18. The number of nitrogens with two attached hydrogens (primary N) is 1. The van der Waals surface area contributed by atoms with E-state index in [0.29, 0.717) is 13.0 Å². The Morgan fingerprint density at radius 3 is 3.12 bits per heavy atom. The van der Waals surface area contributed by atoms with Crippen LogP contribution in [0.4, 0.5) is 16.2 Å². The summed E-state index contributed by atoms with van der Waals surface area (Å²) in [6, 6.07) is 3.66. The number of rotatable bonds is 4. The van der Waals surface area contributed by atoms with E-state index in [0.717, 1.165) is 12.0 Å². The first-order chi connectivity index (χ1) is 7.75. The molecule has 0 spiro atoms. The van der Waals surface area contributed by atoms with Crippen molar-refractivity contribution in [3.05, 3.63) is 36.2 Å². The predicted octanol–water partition coefficient (Wildman–Crippen LogP) is 1.45. The standard InChI is InChI=1S/C10H11FN4O/c11-8-6-14-10(12)15-9(8)13-4-3-7-2-1-5-16-7/h1-2,5-6H,3-4H2,(H3,12,13,14,15). The van der Waals surface area contributed by atoms with Gasteiger partial charge in [-0.15, -0.1) is 0 Å². The molecular formula is C10H11FN4O. The summed E-state index contributed by atoms with van der Waals surface area (Å²) in [4.78, 5) is 7.27. The molecule has 0 aliphatic rings. The van der Waals surface area contributed by atoms with Gasteiger partial charge >= 0.3 is 0 Å². The molecule has 0 fully saturated rings. The smallest absolute Gasteiger partial charge is 0.222 e. The molecule has 0 unspecified atom stereocenters. The van der Waals surface area contributed by atoms with Crippen LogP contribution < -0.4 is 11.1 Å². The highest BCUT2D eigenvalue weighted by molar-refractivity contribution is 5.39. The fourth-order valence-corrected chi connectivity index (χ4v) is 1.26. The molecule has 0 saturated carbocycles. The summed E-state index contributed by atoms with van der Waals surface area (Å²) in [5.41, 5.74) is 5.35. The Hall–Kier alpha value is -2.11. The van der Waals surface area contributed by atoms with Crippen molar-refractivity contribution in [1.29, 1.82) is 0 Å². The highest BCUT2D eigenvalue weighted by Gasteiger charge is 2.04. The number of aromatic nitrogens is 2. The average Bonchev–Trinajstić information content (AvgIpc) is 2.76. The molecule has 0 aliphatic carbocycles. The van der Waals surface area contributed by atoms with Crippen molar-refractivity contribution in [3.63, 3.8) is 0 Å². The molecule has 3 N–H and O–H groups in total. The average molecular weight is 222 g/mol. The van der Waals surface area contributed by atoms with Gasteiger partial charge in [0.2, 0.25) is 5.95 Å². The van der Waals surface area contributed by atoms with E-state index < -0.39 is 5.82 Å². The van der Waals surface area contributed by atoms with Crippen molar-refractivity contribution in [2.75, 3.05) is 17.6 Å². The van der Waals surface area contributed by atoms with Crippen molar-refractivity contribution >= 4 is 11.8 Å². The second kappa shape index (κ2) is 4.61. The molecule has 2 heterocycles. The number of hydrogen-bond donors (Lipinski definition) is 2. The quantitative estimate of drug-likeness (QED) is 0.818. The number of halogens is 1. The molecule has 0 radical (unpaired) electrons. The maximum atomic E-state index is 13.2. The lowest BCUT2D eigenvalue weighted by Crippen LogP contribution is -2.09. The van der Waals surface area contributed by atoms with Crippen molar-refractivity contribution < 1.29 is 8.81 Å². The van der Waals surface area contributed by atoms with Crippen LogP contribution in [0.5, 0.6) is 0 Å². The Balaban J connectivity index is 1.92. The van der Waals surface area contributed by atoms with E-state index in [1.54, 1.807) is 12.3 Å². The molecule has 0 aliphatic heterocycles. The lowest BCUT2D eigenvalue weighted by Gasteiger charge is -2.05. The van der Waals surface area contributed by atoms with Gasteiger partial charge in [-0.1, -0.05) is 0 Å². The first kappa shape index (κ1) is 10.4. The molecular weight excluding hydrogens is 211 g/mol. The van der Waals surface area contributed by atoms with E-state index in [9.17, 15) is 4.39 Å². The van der Waals surface area contributed by atoms with Gasteiger partial charge in [-0.05, 0) is 12.1 Å². The van der Waals surface area contributed by atoms with Gasteiger partial charge in [-0.2, -0.15) is 4.98 Å². The number of anilines is 2. The third kappa shape index (κ3) is 2.47. The van der Waals surface area contributed by atoms with Gasteiger partial charge in [0, 0.05) is 13.0 Å². The van der Waals surface area contributed by atoms with E-state index in [-0.39, 0.29) is 11.8 Å². The van der Waals surface area contributed by atoms with Crippen LogP contribution in [0.2, 0.25) is 0 Å². The van der Waals surface area contributed by atoms with E-state index in [2.05, 4.69) is 15.3 Å². The normalized spacial score (nSPS) is 10.3. The van der Waals surface area contributed by atoms with E-state index in [1.165, 1.54) is 0 Å². The Kier molecular flexibility index (Phi) is 3.00. The molecule has 2 aromatic heterocycles. The van der Waals surface area contributed by atoms with Gasteiger partial charge in [-0.25, -0.2) is 9.37 Å². The molecule has 6 heteroatoms. The molecule has 2 aromatic rings. The summed E-state index contributed by atoms with van der Waals surface area (Å²) in [7, 11) is 0. The molecule has 0 amide bonds. The van der Waals surface area contributed by atoms with E-state index in [1.807, 2.05) is 6.07 Å². The molecule has 84 valence electrons. The number of hydrogen-bond acceptors (Lipinski definition) is 5. The summed E-state index contributed by atoms with van der Waals surface area (Å²) in [6.45, 7) is 0.515. The number of nitrogens with one attached hydrogen (secondary N) is 1. The SMILES string of the molecule is Nc1ncc(F)c(NCCc2ccco2)n1. The van der Waals surface area contributed by atoms with Crippen LogP contribution in [-0.4, -0.2) is 16.5 Å². The maximum Gasteiger partial charge on any atom is 0.222 e. The van der Waals surface area contributed by atoms with E-state index in [4.69, 9.17) is 10.2 Å². The minimum absolute atomic E-state index is 0.0434. The van der Waals surface area contributed by atoms with Gasteiger partial charge in [0.15, 0.2) is 11.6 Å². The van der Waals surface area contributed by atoms with Crippen LogP contribution in [0.3, 0.4) is 0 Å².